The predicted octanol–water partition coefficient (Wildman–Crippen LogP) is 2.51. The van der Waals surface area contributed by atoms with Crippen molar-refractivity contribution in [1.82, 2.24) is 15.1 Å². The average Bonchev–Trinajstić information content (AvgIpc) is 3.01. The summed E-state index contributed by atoms with van der Waals surface area (Å²) in [7, 11) is 3.85. The van der Waals surface area contributed by atoms with Crippen molar-refractivity contribution in [2.75, 3.05) is 14.2 Å². The molecule has 0 saturated heterocycles. The van der Waals surface area contributed by atoms with E-state index < -0.39 is 0 Å². The molecule has 0 aliphatic heterocycles. The van der Waals surface area contributed by atoms with Gasteiger partial charge in [-0.15, -0.1) is 0 Å². The van der Waals surface area contributed by atoms with Crippen molar-refractivity contribution >= 4 is 0 Å². The number of aryl methyl sites for hydroxylation is 1. The molecule has 1 aromatic rings. The van der Waals surface area contributed by atoms with Gasteiger partial charge in [-0.3, -0.25) is 4.68 Å². The number of rotatable bonds is 6. The van der Waals surface area contributed by atoms with Crippen LogP contribution in [0.25, 0.3) is 0 Å². The van der Waals surface area contributed by atoms with Crippen LogP contribution in [0.15, 0.2) is 12.4 Å². The highest BCUT2D eigenvalue weighted by Gasteiger charge is 2.42. The second-order valence-corrected chi connectivity index (χ2v) is 5.23. The molecule has 102 valence electrons. The summed E-state index contributed by atoms with van der Waals surface area (Å²) < 4.78 is 7.90. The Labute approximate surface area is 110 Å². The Kier molecular flexibility index (Phi) is 4.40. The summed E-state index contributed by atoms with van der Waals surface area (Å²) in [5, 5.41) is 7.86. The zero-order valence-electron chi connectivity index (χ0n) is 11.8. The van der Waals surface area contributed by atoms with Crippen molar-refractivity contribution in [2.24, 2.45) is 0 Å². The highest BCUT2D eigenvalue weighted by molar-refractivity contribution is 5.17. The van der Waals surface area contributed by atoms with Crippen molar-refractivity contribution in [3.05, 3.63) is 18.0 Å². The largest absolute Gasteiger partial charge is 0.376 e. The molecule has 1 unspecified atom stereocenters. The van der Waals surface area contributed by atoms with Gasteiger partial charge in [-0.25, -0.2) is 0 Å². The first-order valence-corrected chi connectivity index (χ1v) is 7.00. The molecule has 1 aromatic heterocycles. The summed E-state index contributed by atoms with van der Waals surface area (Å²) >= 11 is 0. The third-order valence-corrected chi connectivity index (χ3v) is 4.11. The van der Waals surface area contributed by atoms with Gasteiger partial charge in [0, 0.05) is 25.4 Å². The van der Waals surface area contributed by atoms with Crippen LogP contribution in [0.4, 0.5) is 0 Å². The van der Waals surface area contributed by atoms with Crippen LogP contribution in [0.2, 0.25) is 0 Å². The maximum absolute atomic E-state index is 5.88. The van der Waals surface area contributed by atoms with E-state index in [0.29, 0.717) is 0 Å². The topological polar surface area (TPSA) is 39.1 Å². The van der Waals surface area contributed by atoms with Gasteiger partial charge in [-0.1, -0.05) is 19.8 Å². The lowest BCUT2D eigenvalue weighted by Gasteiger charge is -2.35. The minimum absolute atomic E-state index is 0.0468. The number of ether oxygens (including phenoxy) is 1. The molecule has 1 atom stereocenters. The Balaban J connectivity index is 2.20. The summed E-state index contributed by atoms with van der Waals surface area (Å²) in [5.74, 6) is 0. The van der Waals surface area contributed by atoms with E-state index in [9.17, 15) is 0 Å². The summed E-state index contributed by atoms with van der Waals surface area (Å²) in [5.41, 5.74) is 1.20. The lowest BCUT2D eigenvalue weighted by molar-refractivity contribution is -0.0349. The van der Waals surface area contributed by atoms with Crippen LogP contribution in [-0.4, -0.2) is 29.5 Å². The fourth-order valence-corrected chi connectivity index (χ4v) is 3.20. The van der Waals surface area contributed by atoms with Crippen molar-refractivity contribution in [3.8, 4) is 0 Å². The van der Waals surface area contributed by atoms with Gasteiger partial charge in [0.1, 0.15) is 0 Å². The van der Waals surface area contributed by atoms with E-state index in [2.05, 4.69) is 23.5 Å². The fraction of sp³-hybridized carbons (Fsp3) is 0.786. The summed E-state index contributed by atoms with van der Waals surface area (Å²) in [4.78, 5) is 0. The molecular weight excluding hydrogens is 226 g/mol. The predicted molar refractivity (Wildman–Crippen MR) is 72.5 cm³/mol. The molecule has 18 heavy (non-hydrogen) atoms. The Morgan fingerprint density at radius 2 is 2.22 bits per heavy atom. The minimum Gasteiger partial charge on any atom is -0.376 e. The van der Waals surface area contributed by atoms with Crippen LogP contribution in [0, 0.1) is 0 Å². The highest BCUT2D eigenvalue weighted by atomic mass is 16.5. The molecule has 1 N–H and O–H groups in total. The van der Waals surface area contributed by atoms with Gasteiger partial charge >= 0.3 is 0 Å². The summed E-state index contributed by atoms with van der Waals surface area (Å²) in [6, 6.07) is 0.246. The molecular formula is C14H25N3O. The number of nitrogens with zero attached hydrogens (tertiary/aromatic N) is 2. The monoisotopic (exact) mass is 251 g/mol. The van der Waals surface area contributed by atoms with Crippen LogP contribution in [0.3, 0.4) is 0 Å². The molecule has 2 rings (SSSR count). The van der Waals surface area contributed by atoms with Crippen molar-refractivity contribution in [2.45, 2.75) is 57.2 Å². The van der Waals surface area contributed by atoms with E-state index >= 15 is 0 Å². The maximum atomic E-state index is 5.88. The van der Waals surface area contributed by atoms with Gasteiger partial charge in [-0.2, -0.15) is 5.10 Å². The van der Waals surface area contributed by atoms with Gasteiger partial charge in [0.15, 0.2) is 0 Å². The van der Waals surface area contributed by atoms with Crippen LogP contribution >= 0.6 is 0 Å². The van der Waals surface area contributed by atoms with E-state index in [-0.39, 0.29) is 11.6 Å². The van der Waals surface area contributed by atoms with Gasteiger partial charge in [0.25, 0.3) is 0 Å². The first-order valence-electron chi connectivity index (χ1n) is 7.00. The van der Waals surface area contributed by atoms with Crippen LogP contribution < -0.4 is 5.32 Å². The zero-order chi connectivity index (χ0) is 13.0. The first kappa shape index (κ1) is 13.6. The Morgan fingerprint density at radius 3 is 2.78 bits per heavy atom. The number of methoxy groups -OCH3 is 1. The van der Waals surface area contributed by atoms with Gasteiger partial charge in [-0.05, 0) is 26.3 Å². The van der Waals surface area contributed by atoms with Crippen LogP contribution in [0.1, 0.15) is 50.6 Å². The van der Waals surface area contributed by atoms with E-state index in [4.69, 9.17) is 4.74 Å². The quantitative estimate of drug-likeness (QED) is 0.844. The first-order chi connectivity index (χ1) is 8.75. The molecule has 0 aromatic carbocycles. The molecule has 0 amide bonds. The highest BCUT2D eigenvalue weighted by Crippen LogP contribution is 2.42. The normalized spacial score (nSPS) is 20.2. The minimum atomic E-state index is -0.0468. The van der Waals surface area contributed by atoms with Crippen LogP contribution in [-0.2, 0) is 11.3 Å². The Morgan fingerprint density at radius 1 is 1.50 bits per heavy atom. The molecule has 1 heterocycles. The van der Waals surface area contributed by atoms with Crippen molar-refractivity contribution in [3.63, 3.8) is 0 Å². The average molecular weight is 251 g/mol. The molecule has 0 radical (unpaired) electrons. The maximum Gasteiger partial charge on any atom is 0.0873 e. The lowest BCUT2D eigenvalue weighted by Crippen LogP contribution is -2.42. The SMILES string of the molecule is CCCn1cc(C(NC)C2(OC)CCCC2)cn1. The van der Waals surface area contributed by atoms with E-state index in [1.54, 1.807) is 0 Å². The number of likely N-dealkylation sites (N-methyl/N-ethyl adjacent to an activating group) is 1. The number of hydrogen-bond acceptors (Lipinski definition) is 3. The van der Waals surface area contributed by atoms with Crippen LogP contribution in [0.5, 0.6) is 0 Å². The molecule has 4 nitrogen and oxygen atoms in total. The number of hydrogen-bond donors (Lipinski definition) is 1. The van der Waals surface area contributed by atoms with Gasteiger partial charge in [0.05, 0.1) is 17.8 Å². The molecule has 1 fully saturated rings. The second-order valence-electron chi connectivity index (χ2n) is 5.23. The number of nitrogens with one attached hydrogen (secondary N) is 1. The van der Waals surface area contributed by atoms with E-state index in [1.165, 1.54) is 18.4 Å². The zero-order valence-corrected chi connectivity index (χ0v) is 11.8. The molecule has 1 aliphatic rings. The number of aromatic nitrogens is 2. The van der Waals surface area contributed by atoms with E-state index in [0.717, 1.165) is 25.8 Å². The van der Waals surface area contributed by atoms with Crippen molar-refractivity contribution in [1.29, 1.82) is 0 Å². The van der Waals surface area contributed by atoms with Crippen molar-refractivity contribution < 1.29 is 4.74 Å². The summed E-state index contributed by atoms with van der Waals surface area (Å²) in [6.07, 6.45) is 10.0. The third kappa shape index (κ3) is 2.45. The molecule has 1 aliphatic carbocycles. The molecule has 1 saturated carbocycles. The van der Waals surface area contributed by atoms with E-state index in [1.807, 2.05) is 25.0 Å². The van der Waals surface area contributed by atoms with Gasteiger partial charge in [0.2, 0.25) is 0 Å². The standard InChI is InChI=1S/C14H25N3O/c1-4-9-17-11-12(10-16-17)13(15-2)14(18-3)7-5-6-8-14/h10-11,13,15H,4-9H2,1-3H3. The smallest absolute Gasteiger partial charge is 0.0873 e. The Hall–Kier alpha value is -0.870. The van der Waals surface area contributed by atoms with Gasteiger partial charge < -0.3 is 10.1 Å². The fourth-order valence-electron chi connectivity index (χ4n) is 3.20. The summed E-state index contributed by atoms with van der Waals surface area (Å²) in [6.45, 7) is 3.15. The third-order valence-electron chi connectivity index (χ3n) is 4.11. The molecule has 0 spiro atoms. The second kappa shape index (κ2) is 5.85. The molecule has 0 bridgehead atoms. The lowest BCUT2D eigenvalue weighted by atomic mass is 9.88. The molecule has 4 heteroatoms. The Bertz CT molecular complexity index is 369.